The van der Waals surface area contributed by atoms with Crippen LogP contribution >= 0.6 is 11.8 Å². The van der Waals surface area contributed by atoms with E-state index in [9.17, 15) is 4.79 Å². The van der Waals surface area contributed by atoms with Crippen molar-refractivity contribution in [2.24, 2.45) is 0 Å². The number of carbonyl (C=O) groups is 1. The summed E-state index contributed by atoms with van der Waals surface area (Å²) in [5.74, 6) is -0.0585. The SMILES string of the molecule is CNC(=O)C(C)Sc1nc2cc(N)ccc2o1. The summed E-state index contributed by atoms with van der Waals surface area (Å²) in [5.41, 5.74) is 7.67. The highest BCUT2D eigenvalue weighted by molar-refractivity contribution is 8.00. The third-order valence-corrected chi connectivity index (χ3v) is 3.23. The van der Waals surface area contributed by atoms with E-state index in [0.29, 0.717) is 22.0 Å². The Bertz CT molecular complexity index is 553. The van der Waals surface area contributed by atoms with Gasteiger partial charge in [0, 0.05) is 12.7 Å². The number of benzene rings is 1. The van der Waals surface area contributed by atoms with E-state index in [1.807, 2.05) is 0 Å². The van der Waals surface area contributed by atoms with Gasteiger partial charge in [0.25, 0.3) is 5.22 Å². The number of nitrogens with zero attached hydrogens (tertiary/aromatic N) is 1. The summed E-state index contributed by atoms with van der Waals surface area (Å²) in [6.45, 7) is 1.80. The average Bonchev–Trinajstić information content (AvgIpc) is 2.69. The molecule has 2 aromatic rings. The second-order valence-corrected chi connectivity index (χ2v) is 4.87. The first kappa shape index (κ1) is 11.8. The number of carbonyl (C=O) groups excluding carboxylic acids is 1. The molecule has 1 atom stereocenters. The largest absolute Gasteiger partial charge is 0.431 e. The Morgan fingerprint density at radius 1 is 1.59 bits per heavy atom. The zero-order valence-electron chi connectivity index (χ0n) is 9.56. The Morgan fingerprint density at radius 2 is 2.35 bits per heavy atom. The minimum absolute atomic E-state index is 0.0585. The summed E-state index contributed by atoms with van der Waals surface area (Å²) in [7, 11) is 1.60. The Morgan fingerprint density at radius 3 is 3.06 bits per heavy atom. The van der Waals surface area contributed by atoms with Crippen LogP contribution < -0.4 is 11.1 Å². The molecule has 5 nitrogen and oxygen atoms in total. The molecule has 0 radical (unpaired) electrons. The molecule has 2 rings (SSSR count). The van der Waals surface area contributed by atoms with Gasteiger partial charge in [-0.25, -0.2) is 4.98 Å². The van der Waals surface area contributed by atoms with Crippen molar-refractivity contribution < 1.29 is 9.21 Å². The molecule has 0 saturated heterocycles. The maximum absolute atomic E-state index is 11.4. The van der Waals surface area contributed by atoms with E-state index in [2.05, 4.69) is 10.3 Å². The summed E-state index contributed by atoms with van der Waals surface area (Å²) in [6, 6.07) is 5.27. The molecule has 17 heavy (non-hydrogen) atoms. The summed E-state index contributed by atoms with van der Waals surface area (Å²) in [6.07, 6.45) is 0. The highest BCUT2D eigenvalue weighted by atomic mass is 32.2. The molecule has 0 saturated carbocycles. The number of hydrogen-bond donors (Lipinski definition) is 2. The lowest BCUT2D eigenvalue weighted by molar-refractivity contribution is -0.119. The van der Waals surface area contributed by atoms with Crippen molar-refractivity contribution in [1.29, 1.82) is 0 Å². The highest BCUT2D eigenvalue weighted by Gasteiger charge is 2.16. The van der Waals surface area contributed by atoms with E-state index in [0.717, 1.165) is 0 Å². The van der Waals surface area contributed by atoms with Gasteiger partial charge in [-0.2, -0.15) is 0 Å². The number of nitrogens with two attached hydrogens (primary N) is 1. The Hall–Kier alpha value is -1.69. The van der Waals surface area contributed by atoms with Crippen LogP contribution in [-0.4, -0.2) is 23.2 Å². The van der Waals surface area contributed by atoms with Gasteiger partial charge in [-0.15, -0.1) is 0 Å². The van der Waals surface area contributed by atoms with Crippen molar-refractivity contribution in [3.63, 3.8) is 0 Å². The second-order valence-electron chi connectivity index (χ2n) is 3.58. The van der Waals surface area contributed by atoms with Crippen molar-refractivity contribution in [1.82, 2.24) is 10.3 Å². The monoisotopic (exact) mass is 251 g/mol. The number of anilines is 1. The van der Waals surface area contributed by atoms with E-state index in [1.54, 1.807) is 32.2 Å². The molecule has 6 heteroatoms. The van der Waals surface area contributed by atoms with Crippen molar-refractivity contribution in [3.8, 4) is 0 Å². The van der Waals surface area contributed by atoms with Crippen LogP contribution in [0.25, 0.3) is 11.1 Å². The van der Waals surface area contributed by atoms with Gasteiger partial charge in [0.05, 0.1) is 5.25 Å². The first-order valence-electron chi connectivity index (χ1n) is 5.14. The van der Waals surface area contributed by atoms with Crippen LogP contribution in [0.15, 0.2) is 27.8 Å². The second kappa shape index (κ2) is 4.67. The molecule has 0 aliphatic heterocycles. The van der Waals surface area contributed by atoms with Crippen LogP contribution in [-0.2, 0) is 4.79 Å². The van der Waals surface area contributed by atoms with Gasteiger partial charge in [-0.05, 0) is 25.1 Å². The van der Waals surface area contributed by atoms with Crippen LogP contribution in [0.3, 0.4) is 0 Å². The van der Waals surface area contributed by atoms with Gasteiger partial charge in [-0.3, -0.25) is 4.79 Å². The fourth-order valence-corrected chi connectivity index (χ4v) is 2.20. The maximum atomic E-state index is 11.4. The lowest BCUT2D eigenvalue weighted by Gasteiger charge is -2.05. The Labute approximate surface area is 103 Å². The smallest absolute Gasteiger partial charge is 0.257 e. The first-order chi connectivity index (χ1) is 8.10. The number of fused-ring (bicyclic) bond motifs is 1. The fourth-order valence-electron chi connectivity index (χ4n) is 1.38. The maximum Gasteiger partial charge on any atom is 0.257 e. The summed E-state index contributed by atoms with van der Waals surface area (Å²) >= 11 is 1.28. The molecule has 1 aromatic carbocycles. The fraction of sp³-hybridized carbons (Fsp3) is 0.273. The van der Waals surface area contributed by atoms with Crippen LogP contribution in [0.5, 0.6) is 0 Å². The predicted octanol–water partition coefficient (Wildman–Crippen LogP) is 1.64. The van der Waals surface area contributed by atoms with E-state index in [4.69, 9.17) is 10.2 Å². The number of nitrogens with one attached hydrogen (secondary N) is 1. The third-order valence-electron chi connectivity index (χ3n) is 2.29. The highest BCUT2D eigenvalue weighted by Crippen LogP contribution is 2.27. The molecule has 0 fully saturated rings. The van der Waals surface area contributed by atoms with Gasteiger partial charge in [0.2, 0.25) is 5.91 Å². The quantitative estimate of drug-likeness (QED) is 0.640. The molecule has 1 aromatic heterocycles. The molecule has 90 valence electrons. The number of hydrogen-bond acceptors (Lipinski definition) is 5. The van der Waals surface area contributed by atoms with Crippen molar-refractivity contribution >= 4 is 34.5 Å². The van der Waals surface area contributed by atoms with Crippen LogP contribution in [0.2, 0.25) is 0 Å². The van der Waals surface area contributed by atoms with Crippen molar-refractivity contribution in [3.05, 3.63) is 18.2 Å². The van der Waals surface area contributed by atoms with E-state index < -0.39 is 0 Å². The first-order valence-corrected chi connectivity index (χ1v) is 6.02. The number of thioether (sulfide) groups is 1. The lowest BCUT2D eigenvalue weighted by Crippen LogP contribution is -2.27. The number of aromatic nitrogens is 1. The van der Waals surface area contributed by atoms with E-state index >= 15 is 0 Å². The molecule has 0 aliphatic carbocycles. The molecule has 0 aliphatic rings. The normalized spacial score (nSPS) is 12.6. The van der Waals surface area contributed by atoms with Crippen LogP contribution in [0.1, 0.15) is 6.92 Å². The van der Waals surface area contributed by atoms with Crippen molar-refractivity contribution in [2.75, 3.05) is 12.8 Å². The molecule has 1 heterocycles. The number of rotatable bonds is 3. The van der Waals surface area contributed by atoms with E-state index in [-0.39, 0.29) is 11.2 Å². The van der Waals surface area contributed by atoms with Gasteiger partial charge in [0.1, 0.15) is 5.52 Å². The van der Waals surface area contributed by atoms with Crippen LogP contribution in [0.4, 0.5) is 5.69 Å². The molecular weight excluding hydrogens is 238 g/mol. The molecule has 0 spiro atoms. The van der Waals surface area contributed by atoms with Gasteiger partial charge in [-0.1, -0.05) is 11.8 Å². The Balaban J connectivity index is 2.22. The Kier molecular flexibility index (Phi) is 3.23. The number of amides is 1. The minimum Gasteiger partial charge on any atom is -0.431 e. The lowest BCUT2D eigenvalue weighted by atomic mass is 10.3. The predicted molar refractivity (Wildman–Crippen MR) is 67.8 cm³/mol. The summed E-state index contributed by atoms with van der Waals surface area (Å²) in [5, 5.41) is 2.81. The molecular formula is C11H13N3O2S. The molecule has 1 unspecified atom stereocenters. The topological polar surface area (TPSA) is 81.2 Å². The average molecular weight is 251 g/mol. The molecule has 1 amide bonds. The summed E-state index contributed by atoms with van der Waals surface area (Å²) < 4.78 is 5.50. The van der Waals surface area contributed by atoms with Gasteiger partial charge < -0.3 is 15.5 Å². The van der Waals surface area contributed by atoms with E-state index in [1.165, 1.54) is 11.8 Å². The van der Waals surface area contributed by atoms with Crippen LogP contribution in [0, 0.1) is 0 Å². The standard InChI is InChI=1S/C11H13N3O2S/c1-6(10(15)13-2)17-11-14-8-5-7(12)3-4-9(8)16-11/h3-6H,12H2,1-2H3,(H,13,15). The zero-order chi connectivity index (χ0) is 12.4. The molecule has 3 N–H and O–H groups in total. The third kappa shape index (κ3) is 2.52. The van der Waals surface area contributed by atoms with Gasteiger partial charge in [0.15, 0.2) is 5.58 Å². The number of nitrogen functional groups attached to an aromatic ring is 1. The van der Waals surface area contributed by atoms with Crippen molar-refractivity contribution in [2.45, 2.75) is 17.4 Å². The zero-order valence-corrected chi connectivity index (χ0v) is 10.4. The number of oxazole rings is 1. The van der Waals surface area contributed by atoms with Gasteiger partial charge >= 0.3 is 0 Å². The molecule has 0 bridgehead atoms. The summed E-state index contributed by atoms with van der Waals surface area (Å²) in [4.78, 5) is 15.6. The minimum atomic E-state index is -0.245.